The lowest BCUT2D eigenvalue weighted by Crippen LogP contribution is -2.23. The van der Waals surface area contributed by atoms with Gasteiger partial charge in [0, 0.05) is 18.1 Å². The number of rotatable bonds is 4. The molecule has 0 N–H and O–H groups in total. The molecule has 0 unspecified atom stereocenters. The summed E-state index contributed by atoms with van der Waals surface area (Å²) in [5.74, 6) is -0.0639. The lowest BCUT2D eigenvalue weighted by molar-refractivity contribution is -0.125. The van der Waals surface area contributed by atoms with E-state index >= 15 is 0 Å². The normalized spacial score (nSPS) is 11.3. The van der Waals surface area contributed by atoms with Gasteiger partial charge in [-0.1, -0.05) is 35.9 Å². The molecular formula is C19H17ClN2OS. The second-order valence-corrected chi connectivity index (χ2v) is 7.13. The standard InChI is InChI=1S/C19H17ClN2OS/c1-13-7-8-14(11-15(13)20)9-10-19(23)22(2)12-18-21-16-5-3-4-6-17(16)24-18/h3-11H,12H2,1-2H3/b10-9+. The number of nitrogens with zero attached hydrogens (tertiary/aromatic N) is 2. The van der Waals surface area contributed by atoms with Crippen LogP contribution in [0, 0.1) is 6.92 Å². The van der Waals surface area contributed by atoms with Gasteiger partial charge in [-0.25, -0.2) is 4.98 Å². The van der Waals surface area contributed by atoms with Crippen molar-refractivity contribution < 1.29 is 4.79 Å². The van der Waals surface area contributed by atoms with Crippen molar-refractivity contribution in [2.75, 3.05) is 7.05 Å². The molecular weight excluding hydrogens is 340 g/mol. The smallest absolute Gasteiger partial charge is 0.246 e. The number of para-hydroxylation sites is 1. The van der Waals surface area contributed by atoms with E-state index in [1.165, 1.54) is 0 Å². The maximum Gasteiger partial charge on any atom is 0.246 e. The zero-order valence-corrected chi connectivity index (χ0v) is 15.1. The molecule has 0 fully saturated rings. The van der Waals surface area contributed by atoms with Crippen molar-refractivity contribution in [2.24, 2.45) is 0 Å². The van der Waals surface area contributed by atoms with Gasteiger partial charge in [0.2, 0.25) is 5.91 Å². The minimum Gasteiger partial charge on any atom is -0.335 e. The van der Waals surface area contributed by atoms with Gasteiger partial charge in [0.15, 0.2) is 0 Å². The van der Waals surface area contributed by atoms with E-state index in [0.29, 0.717) is 11.6 Å². The summed E-state index contributed by atoms with van der Waals surface area (Å²) < 4.78 is 1.14. The Balaban J connectivity index is 1.67. The summed E-state index contributed by atoms with van der Waals surface area (Å²) >= 11 is 7.72. The fourth-order valence-corrected chi connectivity index (χ4v) is 3.49. The number of amides is 1. The lowest BCUT2D eigenvalue weighted by Gasteiger charge is -2.12. The molecule has 0 aliphatic rings. The van der Waals surface area contributed by atoms with Crippen LogP contribution in [0.15, 0.2) is 48.5 Å². The van der Waals surface area contributed by atoms with Crippen LogP contribution >= 0.6 is 22.9 Å². The highest BCUT2D eigenvalue weighted by molar-refractivity contribution is 7.18. The fourth-order valence-electron chi connectivity index (χ4n) is 2.28. The molecule has 5 heteroatoms. The third-order valence-corrected chi connectivity index (χ3v) is 5.13. The maximum absolute atomic E-state index is 12.3. The van der Waals surface area contributed by atoms with Crippen LogP contribution in [0.1, 0.15) is 16.1 Å². The van der Waals surface area contributed by atoms with E-state index in [9.17, 15) is 4.79 Å². The second kappa shape index (κ2) is 7.16. The summed E-state index contributed by atoms with van der Waals surface area (Å²) in [4.78, 5) is 18.5. The van der Waals surface area contributed by atoms with E-state index < -0.39 is 0 Å². The Morgan fingerprint density at radius 1 is 1.29 bits per heavy atom. The molecule has 0 aliphatic carbocycles. The van der Waals surface area contributed by atoms with Crippen LogP contribution in [-0.4, -0.2) is 22.8 Å². The van der Waals surface area contributed by atoms with Gasteiger partial charge in [0.25, 0.3) is 0 Å². The van der Waals surface area contributed by atoms with Crippen molar-refractivity contribution in [3.63, 3.8) is 0 Å². The predicted molar refractivity (Wildman–Crippen MR) is 101 cm³/mol. The third-order valence-electron chi connectivity index (χ3n) is 3.70. The van der Waals surface area contributed by atoms with E-state index in [0.717, 1.165) is 26.4 Å². The third kappa shape index (κ3) is 3.83. The van der Waals surface area contributed by atoms with Crippen molar-refractivity contribution in [2.45, 2.75) is 13.5 Å². The fraction of sp³-hybridized carbons (Fsp3) is 0.158. The summed E-state index contributed by atoms with van der Waals surface area (Å²) in [7, 11) is 1.78. The van der Waals surface area contributed by atoms with Gasteiger partial charge in [0.05, 0.1) is 16.8 Å². The maximum atomic E-state index is 12.3. The number of hydrogen-bond donors (Lipinski definition) is 0. The van der Waals surface area contributed by atoms with Crippen molar-refractivity contribution in [3.8, 4) is 0 Å². The number of carbonyl (C=O) groups excluding carboxylic acids is 1. The molecule has 1 aromatic heterocycles. The molecule has 3 rings (SSSR count). The van der Waals surface area contributed by atoms with Crippen molar-refractivity contribution in [3.05, 3.63) is 69.7 Å². The Morgan fingerprint density at radius 2 is 2.08 bits per heavy atom. The number of benzene rings is 2. The summed E-state index contributed by atoms with van der Waals surface area (Å²) in [6, 6.07) is 13.7. The van der Waals surface area contributed by atoms with Crippen molar-refractivity contribution in [1.29, 1.82) is 0 Å². The summed E-state index contributed by atoms with van der Waals surface area (Å²) in [6.07, 6.45) is 3.34. The summed E-state index contributed by atoms with van der Waals surface area (Å²) in [6.45, 7) is 2.45. The number of carbonyl (C=O) groups is 1. The highest BCUT2D eigenvalue weighted by atomic mass is 35.5. The minimum atomic E-state index is -0.0639. The average Bonchev–Trinajstić information content (AvgIpc) is 2.97. The Kier molecular flexibility index (Phi) is 4.97. The van der Waals surface area contributed by atoms with Crippen molar-refractivity contribution in [1.82, 2.24) is 9.88 Å². The molecule has 1 heterocycles. The molecule has 2 aromatic carbocycles. The second-order valence-electron chi connectivity index (χ2n) is 5.61. The molecule has 0 radical (unpaired) electrons. The molecule has 24 heavy (non-hydrogen) atoms. The number of thiazole rings is 1. The molecule has 0 spiro atoms. The Labute approximate surface area is 150 Å². The Morgan fingerprint density at radius 3 is 2.83 bits per heavy atom. The number of aromatic nitrogens is 1. The first-order valence-corrected chi connectivity index (χ1v) is 8.76. The molecule has 0 atom stereocenters. The van der Waals surface area contributed by atoms with Crippen LogP contribution in [0.5, 0.6) is 0 Å². The first-order valence-electron chi connectivity index (χ1n) is 7.57. The van der Waals surface area contributed by atoms with Crippen LogP contribution in [-0.2, 0) is 11.3 Å². The number of aryl methyl sites for hydroxylation is 1. The molecule has 0 saturated heterocycles. The van der Waals surface area contributed by atoms with E-state index in [1.807, 2.05) is 49.4 Å². The van der Waals surface area contributed by atoms with Crippen LogP contribution in [0.3, 0.4) is 0 Å². The van der Waals surface area contributed by atoms with Gasteiger partial charge < -0.3 is 4.90 Å². The Hall–Kier alpha value is -2.17. The molecule has 0 aliphatic heterocycles. The Bertz CT molecular complexity index is 884. The SMILES string of the molecule is Cc1ccc(/C=C/C(=O)N(C)Cc2nc3ccccc3s2)cc1Cl. The highest BCUT2D eigenvalue weighted by Crippen LogP contribution is 2.22. The first kappa shape index (κ1) is 16.7. The van der Waals surface area contributed by atoms with Gasteiger partial charge in [0.1, 0.15) is 5.01 Å². The summed E-state index contributed by atoms with van der Waals surface area (Å²) in [5, 5.41) is 1.63. The van der Waals surface area contributed by atoms with Gasteiger partial charge >= 0.3 is 0 Å². The molecule has 3 nitrogen and oxygen atoms in total. The zero-order chi connectivity index (χ0) is 17.1. The number of hydrogen-bond acceptors (Lipinski definition) is 3. The van der Waals surface area contributed by atoms with E-state index in [-0.39, 0.29) is 5.91 Å². The van der Waals surface area contributed by atoms with Gasteiger partial charge in [-0.15, -0.1) is 11.3 Å². The predicted octanol–water partition coefficient (Wildman–Crippen LogP) is 4.93. The molecule has 1 amide bonds. The van der Waals surface area contributed by atoms with Crippen LogP contribution in [0.25, 0.3) is 16.3 Å². The number of halogens is 1. The summed E-state index contributed by atoms with van der Waals surface area (Å²) in [5.41, 5.74) is 2.91. The van der Waals surface area contributed by atoms with Gasteiger partial charge in [-0.05, 0) is 42.3 Å². The minimum absolute atomic E-state index is 0.0639. The number of likely N-dealkylation sites (N-methyl/N-ethyl adjacent to an activating group) is 1. The van der Waals surface area contributed by atoms with E-state index in [1.54, 1.807) is 35.4 Å². The van der Waals surface area contributed by atoms with Gasteiger partial charge in [-0.3, -0.25) is 4.79 Å². The molecule has 0 saturated carbocycles. The van der Waals surface area contributed by atoms with Crippen LogP contribution < -0.4 is 0 Å². The van der Waals surface area contributed by atoms with Crippen LogP contribution in [0.2, 0.25) is 5.02 Å². The van der Waals surface area contributed by atoms with Crippen LogP contribution in [0.4, 0.5) is 0 Å². The van der Waals surface area contributed by atoms with E-state index in [2.05, 4.69) is 4.98 Å². The molecule has 3 aromatic rings. The zero-order valence-electron chi connectivity index (χ0n) is 13.5. The number of fused-ring (bicyclic) bond motifs is 1. The highest BCUT2D eigenvalue weighted by Gasteiger charge is 2.10. The quantitative estimate of drug-likeness (QED) is 0.621. The molecule has 0 bridgehead atoms. The van der Waals surface area contributed by atoms with Crippen molar-refractivity contribution >= 4 is 45.1 Å². The van der Waals surface area contributed by atoms with E-state index in [4.69, 9.17) is 11.6 Å². The average molecular weight is 357 g/mol. The lowest BCUT2D eigenvalue weighted by atomic mass is 10.1. The first-order chi connectivity index (χ1) is 11.5. The molecule has 122 valence electrons. The monoisotopic (exact) mass is 356 g/mol. The topological polar surface area (TPSA) is 33.2 Å². The van der Waals surface area contributed by atoms with Gasteiger partial charge in [-0.2, -0.15) is 0 Å². The largest absolute Gasteiger partial charge is 0.335 e.